The fourth-order valence-electron chi connectivity index (χ4n) is 2.17. The summed E-state index contributed by atoms with van der Waals surface area (Å²) in [5, 5.41) is 4.15. The standard InChI is InChI=1S/C16H19F3N4S.HI/c1-11-8-21-14(24-11)9-22-15(20-2)23(3)10-12-4-6-13(7-5-12)16(17,18)19;/h4-8H,9-10H2,1-3H3,(H,20,22);1H. The number of aryl methyl sites for hydroxylation is 1. The van der Waals surface area contributed by atoms with E-state index in [0.717, 1.165) is 27.6 Å². The van der Waals surface area contributed by atoms with Gasteiger partial charge >= 0.3 is 6.18 Å². The van der Waals surface area contributed by atoms with Gasteiger partial charge in [-0.05, 0) is 24.6 Å². The molecule has 0 saturated heterocycles. The molecule has 138 valence electrons. The van der Waals surface area contributed by atoms with Gasteiger partial charge in [0.1, 0.15) is 5.01 Å². The third-order valence-electron chi connectivity index (χ3n) is 3.34. The Kier molecular flexibility index (Phi) is 8.13. The van der Waals surface area contributed by atoms with Crippen LogP contribution in [0.2, 0.25) is 0 Å². The van der Waals surface area contributed by atoms with Crippen LogP contribution in [0.4, 0.5) is 13.2 Å². The van der Waals surface area contributed by atoms with Crippen molar-refractivity contribution >= 4 is 41.3 Å². The summed E-state index contributed by atoms with van der Waals surface area (Å²) < 4.78 is 37.8. The lowest BCUT2D eigenvalue weighted by Crippen LogP contribution is -2.38. The Labute approximate surface area is 166 Å². The lowest BCUT2D eigenvalue weighted by Gasteiger charge is -2.22. The normalized spacial score (nSPS) is 11.8. The number of hydrogen-bond donors (Lipinski definition) is 1. The molecule has 0 aliphatic heterocycles. The zero-order chi connectivity index (χ0) is 17.7. The molecular weight excluding hydrogens is 464 g/mol. The second-order valence-electron chi connectivity index (χ2n) is 5.32. The molecule has 1 heterocycles. The molecular formula is C16H20F3IN4S. The van der Waals surface area contributed by atoms with Crippen LogP contribution in [0, 0.1) is 6.92 Å². The molecule has 2 aromatic rings. The number of thiazole rings is 1. The van der Waals surface area contributed by atoms with E-state index in [2.05, 4.69) is 15.3 Å². The highest BCUT2D eigenvalue weighted by Gasteiger charge is 2.29. The number of hydrogen-bond acceptors (Lipinski definition) is 3. The van der Waals surface area contributed by atoms with E-state index in [0.29, 0.717) is 19.0 Å². The van der Waals surface area contributed by atoms with Crippen molar-refractivity contribution in [2.75, 3.05) is 14.1 Å². The number of nitrogens with zero attached hydrogens (tertiary/aromatic N) is 3. The molecule has 0 saturated carbocycles. The van der Waals surface area contributed by atoms with Gasteiger partial charge in [0.15, 0.2) is 5.96 Å². The van der Waals surface area contributed by atoms with Crippen LogP contribution >= 0.6 is 35.3 Å². The molecule has 0 unspecified atom stereocenters. The fraction of sp³-hybridized carbons (Fsp3) is 0.375. The van der Waals surface area contributed by atoms with Gasteiger partial charge in [-0.1, -0.05) is 12.1 Å². The summed E-state index contributed by atoms with van der Waals surface area (Å²) in [7, 11) is 3.50. The van der Waals surface area contributed by atoms with Crippen LogP contribution in [0.1, 0.15) is 21.0 Å². The quantitative estimate of drug-likeness (QED) is 0.400. The van der Waals surface area contributed by atoms with Crippen LogP contribution in [-0.2, 0) is 19.3 Å². The predicted molar refractivity (Wildman–Crippen MR) is 105 cm³/mol. The second kappa shape index (κ2) is 9.37. The smallest absolute Gasteiger partial charge is 0.350 e. The van der Waals surface area contributed by atoms with Crippen LogP contribution in [0.5, 0.6) is 0 Å². The number of aliphatic imine (C=N–C) groups is 1. The molecule has 0 aliphatic carbocycles. The molecule has 1 aromatic carbocycles. The van der Waals surface area contributed by atoms with Gasteiger partial charge in [0.25, 0.3) is 0 Å². The summed E-state index contributed by atoms with van der Waals surface area (Å²) in [6, 6.07) is 5.16. The minimum Gasteiger partial charge on any atom is -0.350 e. The van der Waals surface area contributed by atoms with Crippen molar-refractivity contribution in [2.45, 2.75) is 26.2 Å². The second-order valence-corrected chi connectivity index (χ2v) is 6.64. The van der Waals surface area contributed by atoms with E-state index in [1.165, 1.54) is 12.1 Å². The van der Waals surface area contributed by atoms with Gasteiger partial charge in [0, 0.05) is 31.7 Å². The molecule has 0 spiro atoms. The molecule has 0 bridgehead atoms. The topological polar surface area (TPSA) is 40.5 Å². The predicted octanol–water partition coefficient (Wildman–Crippen LogP) is 4.30. The maximum absolute atomic E-state index is 12.6. The number of aromatic nitrogens is 1. The highest BCUT2D eigenvalue weighted by atomic mass is 127. The first-order valence-corrected chi connectivity index (χ1v) is 8.10. The summed E-state index contributed by atoms with van der Waals surface area (Å²) in [4.78, 5) is 11.5. The minimum absolute atomic E-state index is 0. The maximum atomic E-state index is 12.6. The summed E-state index contributed by atoms with van der Waals surface area (Å²) in [6.07, 6.45) is -2.50. The van der Waals surface area contributed by atoms with E-state index >= 15 is 0 Å². The molecule has 1 N–H and O–H groups in total. The first kappa shape index (κ1) is 21.7. The van der Waals surface area contributed by atoms with Crippen molar-refractivity contribution < 1.29 is 13.2 Å². The molecule has 1 aromatic heterocycles. The number of guanidine groups is 1. The van der Waals surface area contributed by atoms with E-state index < -0.39 is 11.7 Å². The first-order valence-electron chi connectivity index (χ1n) is 7.29. The summed E-state index contributed by atoms with van der Waals surface area (Å²) >= 11 is 1.61. The fourth-order valence-corrected chi connectivity index (χ4v) is 2.90. The Balaban J connectivity index is 0.00000312. The van der Waals surface area contributed by atoms with Crippen LogP contribution in [-0.4, -0.2) is 29.9 Å². The Bertz CT molecular complexity index is 698. The molecule has 0 amide bonds. The number of halogens is 4. The number of nitrogens with one attached hydrogen (secondary N) is 1. The lowest BCUT2D eigenvalue weighted by atomic mass is 10.1. The van der Waals surface area contributed by atoms with E-state index in [4.69, 9.17) is 0 Å². The van der Waals surface area contributed by atoms with Gasteiger partial charge in [0.2, 0.25) is 0 Å². The van der Waals surface area contributed by atoms with Crippen molar-refractivity contribution in [1.29, 1.82) is 0 Å². The highest BCUT2D eigenvalue weighted by molar-refractivity contribution is 14.0. The molecule has 9 heteroatoms. The Morgan fingerprint density at radius 3 is 2.40 bits per heavy atom. The van der Waals surface area contributed by atoms with Crippen LogP contribution in [0.25, 0.3) is 0 Å². The Hall–Kier alpha value is -1.36. The Morgan fingerprint density at radius 2 is 1.92 bits per heavy atom. The van der Waals surface area contributed by atoms with Crippen LogP contribution in [0.3, 0.4) is 0 Å². The van der Waals surface area contributed by atoms with Crippen LogP contribution in [0.15, 0.2) is 35.5 Å². The van der Waals surface area contributed by atoms with E-state index in [-0.39, 0.29) is 24.0 Å². The molecule has 0 fully saturated rings. The zero-order valence-corrected chi connectivity index (χ0v) is 17.2. The van der Waals surface area contributed by atoms with Crippen molar-refractivity contribution in [3.05, 3.63) is 51.5 Å². The minimum atomic E-state index is -4.31. The molecule has 2 rings (SSSR count). The summed E-state index contributed by atoms with van der Waals surface area (Å²) in [6.45, 7) is 3.00. The summed E-state index contributed by atoms with van der Waals surface area (Å²) in [5.41, 5.74) is 0.133. The van der Waals surface area contributed by atoms with Gasteiger partial charge in [-0.2, -0.15) is 13.2 Å². The number of alkyl halides is 3. The van der Waals surface area contributed by atoms with Crippen molar-refractivity contribution in [3.63, 3.8) is 0 Å². The monoisotopic (exact) mass is 484 g/mol. The van der Waals surface area contributed by atoms with Gasteiger partial charge < -0.3 is 10.2 Å². The average Bonchev–Trinajstić information content (AvgIpc) is 2.93. The third kappa shape index (κ3) is 6.46. The first-order chi connectivity index (χ1) is 11.3. The number of benzene rings is 1. The zero-order valence-electron chi connectivity index (χ0n) is 14.1. The van der Waals surface area contributed by atoms with Crippen molar-refractivity contribution in [2.24, 2.45) is 4.99 Å². The van der Waals surface area contributed by atoms with Gasteiger partial charge in [-0.3, -0.25) is 4.99 Å². The van der Waals surface area contributed by atoms with E-state index in [1.807, 2.05) is 25.1 Å². The largest absolute Gasteiger partial charge is 0.416 e. The molecule has 0 radical (unpaired) electrons. The van der Waals surface area contributed by atoms with Crippen LogP contribution < -0.4 is 5.32 Å². The molecule has 4 nitrogen and oxygen atoms in total. The van der Waals surface area contributed by atoms with Gasteiger partial charge in [-0.15, -0.1) is 35.3 Å². The van der Waals surface area contributed by atoms with Gasteiger partial charge in [0.05, 0.1) is 12.1 Å². The molecule has 0 atom stereocenters. The van der Waals surface area contributed by atoms with Crippen molar-refractivity contribution in [3.8, 4) is 0 Å². The maximum Gasteiger partial charge on any atom is 0.416 e. The highest BCUT2D eigenvalue weighted by Crippen LogP contribution is 2.29. The average molecular weight is 484 g/mol. The molecule has 25 heavy (non-hydrogen) atoms. The third-order valence-corrected chi connectivity index (χ3v) is 4.25. The van der Waals surface area contributed by atoms with Gasteiger partial charge in [-0.25, -0.2) is 4.98 Å². The van der Waals surface area contributed by atoms with E-state index in [9.17, 15) is 13.2 Å². The SMILES string of the molecule is CN=C(NCc1ncc(C)s1)N(C)Cc1ccc(C(F)(F)F)cc1.I. The number of rotatable bonds is 4. The van der Waals surface area contributed by atoms with Crippen molar-refractivity contribution in [1.82, 2.24) is 15.2 Å². The lowest BCUT2D eigenvalue weighted by molar-refractivity contribution is -0.137. The molecule has 0 aliphatic rings. The van der Waals surface area contributed by atoms with E-state index in [1.54, 1.807) is 18.4 Å². The Morgan fingerprint density at radius 1 is 1.28 bits per heavy atom. The summed E-state index contributed by atoms with van der Waals surface area (Å²) in [5.74, 6) is 0.655.